The predicted octanol–water partition coefficient (Wildman–Crippen LogP) is 13.0. The van der Waals surface area contributed by atoms with Crippen molar-refractivity contribution in [3.8, 4) is 22.3 Å². The Kier molecular flexibility index (Phi) is 6.50. The average Bonchev–Trinajstić information content (AvgIpc) is 3.79. The van der Waals surface area contributed by atoms with Gasteiger partial charge in [-0.3, -0.25) is 0 Å². The first-order valence-corrected chi connectivity index (χ1v) is 18.0. The lowest BCUT2D eigenvalue weighted by atomic mass is 9.82. The van der Waals surface area contributed by atoms with E-state index in [2.05, 4.69) is 111 Å². The maximum Gasteiger partial charge on any atom is 0.144 e. The highest BCUT2D eigenvalue weighted by molar-refractivity contribution is 9.11. The van der Waals surface area contributed by atoms with Gasteiger partial charge in [0.25, 0.3) is 0 Å². The first-order chi connectivity index (χ1) is 24.4. The van der Waals surface area contributed by atoms with Crippen LogP contribution < -0.4 is 5.32 Å². The fourth-order valence-corrected chi connectivity index (χ4v) is 9.21. The third-order valence-electron chi connectivity index (χ3n) is 10.2. The molecule has 10 rings (SSSR count). The molecule has 1 aliphatic carbocycles. The standard InChI is InChI=1S/C44H27Br2NO3/c1-24-12-2-3-13-25(24)26-14-4-8-18-34(26)47-35-19-9-7-17-29(35)44(48)30-22-32(45)38-27-15-5-10-20-36(27)49-42(38)40(30)41-31(44)23-33(46)39-28-16-6-11-21-37(28)50-43(39)41/h2-23,47-48H,1H3. The van der Waals surface area contributed by atoms with Crippen LogP contribution in [-0.4, -0.2) is 5.11 Å². The van der Waals surface area contributed by atoms with Crippen molar-refractivity contribution < 1.29 is 13.9 Å². The smallest absolute Gasteiger partial charge is 0.144 e. The van der Waals surface area contributed by atoms with E-state index in [1.807, 2.05) is 66.7 Å². The second kappa shape index (κ2) is 10.9. The first kappa shape index (κ1) is 29.7. The molecular weight excluding hydrogens is 750 g/mol. The van der Waals surface area contributed by atoms with E-state index in [0.29, 0.717) is 27.9 Å². The van der Waals surface area contributed by atoms with Crippen molar-refractivity contribution in [3.05, 3.63) is 165 Å². The molecule has 2 aromatic heterocycles. The van der Waals surface area contributed by atoms with Crippen molar-refractivity contribution in [2.45, 2.75) is 12.5 Å². The molecule has 2 heterocycles. The number of hydrogen-bond donors (Lipinski definition) is 2. The van der Waals surface area contributed by atoms with Gasteiger partial charge in [0, 0.05) is 75.2 Å². The summed E-state index contributed by atoms with van der Waals surface area (Å²) in [6.07, 6.45) is 0. The molecule has 4 nitrogen and oxygen atoms in total. The van der Waals surface area contributed by atoms with Gasteiger partial charge in [0.2, 0.25) is 0 Å². The van der Waals surface area contributed by atoms with Gasteiger partial charge in [-0.2, -0.15) is 0 Å². The number of halogens is 2. The minimum atomic E-state index is -1.59. The molecule has 7 aromatic carbocycles. The van der Waals surface area contributed by atoms with Crippen molar-refractivity contribution in [3.63, 3.8) is 0 Å². The van der Waals surface area contributed by atoms with Crippen LogP contribution in [-0.2, 0) is 5.60 Å². The Morgan fingerprint density at radius 1 is 0.540 bits per heavy atom. The minimum Gasteiger partial charge on any atom is -0.455 e. The van der Waals surface area contributed by atoms with Crippen LogP contribution in [0.3, 0.4) is 0 Å². The van der Waals surface area contributed by atoms with Crippen LogP contribution in [0, 0.1) is 6.92 Å². The van der Waals surface area contributed by atoms with Gasteiger partial charge in [0.1, 0.15) is 27.9 Å². The van der Waals surface area contributed by atoms with Crippen molar-refractivity contribution in [1.29, 1.82) is 0 Å². The zero-order valence-corrected chi connectivity index (χ0v) is 29.9. The number of rotatable bonds is 4. The van der Waals surface area contributed by atoms with E-state index in [4.69, 9.17) is 8.83 Å². The van der Waals surface area contributed by atoms with Crippen LogP contribution in [0.15, 0.2) is 151 Å². The van der Waals surface area contributed by atoms with Crippen molar-refractivity contribution >= 4 is 87.1 Å². The van der Waals surface area contributed by atoms with Gasteiger partial charge in [-0.1, -0.05) is 97.1 Å². The largest absolute Gasteiger partial charge is 0.455 e. The van der Waals surface area contributed by atoms with E-state index in [0.717, 1.165) is 75.3 Å². The zero-order valence-electron chi connectivity index (χ0n) is 26.7. The summed E-state index contributed by atoms with van der Waals surface area (Å²) in [5, 5.41) is 21.3. The van der Waals surface area contributed by atoms with E-state index in [1.54, 1.807) is 0 Å². The van der Waals surface area contributed by atoms with Crippen LogP contribution in [0.5, 0.6) is 0 Å². The normalized spacial score (nSPS) is 13.4. The molecule has 240 valence electrons. The Bertz CT molecular complexity index is 2740. The maximum absolute atomic E-state index is 13.6. The summed E-state index contributed by atoms with van der Waals surface area (Å²) in [7, 11) is 0. The number of hydrogen-bond acceptors (Lipinski definition) is 4. The Hall–Kier alpha value is -5.14. The van der Waals surface area contributed by atoms with Crippen LogP contribution >= 0.6 is 31.9 Å². The van der Waals surface area contributed by atoms with Crippen LogP contribution in [0.2, 0.25) is 0 Å². The van der Waals surface area contributed by atoms with E-state index in [9.17, 15) is 5.11 Å². The molecule has 0 spiro atoms. The SMILES string of the molecule is Cc1ccccc1-c1ccccc1Nc1ccccc1C1(O)c2cc(Br)c3c(oc4ccccc43)c2-c2c1cc(Br)c1c2oc2ccccc21. The lowest BCUT2D eigenvalue weighted by Gasteiger charge is -2.30. The number of nitrogens with one attached hydrogen (secondary N) is 1. The summed E-state index contributed by atoms with van der Waals surface area (Å²) < 4.78 is 15.1. The van der Waals surface area contributed by atoms with E-state index >= 15 is 0 Å². The highest BCUT2D eigenvalue weighted by Crippen LogP contribution is 2.60. The second-order valence-electron chi connectivity index (χ2n) is 12.9. The molecule has 0 unspecified atom stereocenters. The topological polar surface area (TPSA) is 58.5 Å². The van der Waals surface area contributed by atoms with Gasteiger partial charge >= 0.3 is 0 Å². The van der Waals surface area contributed by atoms with Crippen LogP contribution in [0.4, 0.5) is 11.4 Å². The summed E-state index contributed by atoms with van der Waals surface area (Å²) in [6.45, 7) is 2.13. The summed E-state index contributed by atoms with van der Waals surface area (Å²) in [5.41, 5.74) is 10.3. The molecule has 0 fully saturated rings. The average molecular weight is 778 g/mol. The fourth-order valence-electron chi connectivity index (χ4n) is 7.96. The summed E-state index contributed by atoms with van der Waals surface area (Å²) in [4.78, 5) is 0. The van der Waals surface area contributed by atoms with E-state index in [-0.39, 0.29) is 0 Å². The predicted molar refractivity (Wildman–Crippen MR) is 210 cm³/mol. The lowest BCUT2D eigenvalue weighted by Crippen LogP contribution is -2.27. The number of aryl methyl sites for hydroxylation is 1. The molecule has 1 aliphatic rings. The quantitative estimate of drug-likeness (QED) is 0.187. The van der Waals surface area contributed by atoms with E-state index in [1.165, 1.54) is 5.56 Å². The molecule has 0 saturated heterocycles. The number of furan rings is 2. The molecule has 0 atom stereocenters. The Morgan fingerprint density at radius 3 is 1.62 bits per heavy atom. The van der Waals surface area contributed by atoms with Gasteiger partial charge in [0.05, 0.1) is 0 Å². The molecule has 50 heavy (non-hydrogen) atoms. The van der Waals surface area contributed by atoms with E-state index < -0.39 is 5.60 Å². The highest BCUT2D eigenvalue weighted by Gasteiger charge is 2.48. The molecule has 0 aliphatic heterocycles. The van der Waals surface area contributed by atoms with Crippen molar-refractivity contribution in [2.24, 2.45) is 0 Å². The third kappa shape index (κ3) is 4.07. The molecule has 2 N–H and O–H groups in total. The molecule has 0 radical (unpaired) electrons. The molecule has 0 amide bonds. The molecule has 0 saturated carbocycles. The van der Waals surface area contributed by atoms with Gasteiger partial charge in [-0.05, 0) is 86.3 Å². The first-order valence-electron chi connectivity index (χ1n) is 16.5. The Morgan fingerprint density at radius 2 is 1.02 bits per heavy atom. The summed E-state index contributed by atoms with van der Waals surface area (Å²) >= 11 is 7.81. The Balaban J connectivity index is 1.29. The lowest BCUT2D eigenvalue weighted by molar-refractivity contribution is 0.131. The van der Waals surface area contributed by atoms with Gasteiger partial charge in [0.15, 0.2) is 0 Å². The number of fused-ring (bicyclic) bond motifs is 11. The van der Waals surface area contributed by atoms with Crippen molar-refractivity contribution in [1.82, 2.24) is 0 Å². The second-order valence-corrected chi connectivity index (χ2v) is 14.6. The number of benzene rings is 7. The molecule has 0 bridgehead atoms. The van der Waals surface area contributed by atoms with Gasteiger partial charge < -0.3 is 19.3 Å². The summed E-state index contributed by atoms with van der Waals surface area (Å²) in [5.74, 6) is 0. The van der Waals surface area contributed by atoms with Gasteiger partial charge in [-0.15, -0.1) is 0 Å². The number of aliphatic hydroxyl groups is 1. The van der Waals surface area contributed by atoms with Crippen LogP contribution in [0.25, 0.3) is 66.1 Å². The summed E-state index contributed by atoms with van der Waals surface area (Å²) in [6, 6.07) is 44.9. The maximum atomic E-state index is 13.6. The third-order valence-corrected chi connectivity index (χ3v) is 11.4. The monoisotopic (exact) mass is 775 g/mol. The minimum absolute atomic E-state index is 0.701. The molecular formula is C44H27Br2NO3. The number of anilines is 2. The zero-order chi connectivity index (χ0) is 33.7. The van der Waals surface area contributed by atoms with Crippen LogP contribution in [0.1, 0.15) is 22.3 Å². The van der Waals surface area contributed by atoms with Crippen molar-refractivity contribution in [2.75, 3.05) is 5.32 Å². The number of para-hydroxylation sites is 4. The Labute approximate surface area is 304 Å². The highest BCUT2D eigenvalue weighted by atomic mass is 79.9. The van der Waals surface area contributed by atoms with Gasteiger partial charge in [-0.25, -0.2) is 0 Å². The fraction of sp³-hybridized carbons (Fsp3) is 0.0455. The molecule has 9 aromatic rings. The molecule has 6 heteroatoms.